The number of benzene rings is 2. The Morgan fingerprint density at radius 1 is 1.27 bits per heavy atom. The standard InChI is InChI=1S/C18H14ClN5O2/c1-10-14-8-11(5-6-15(14)20-18(10)26)16(25)9-24-22-17(21-23-24)12-3-2-4-13(19)7-12/h2-8,10H,9H2,1H3,(H,20,26)/t10-/m1/s1. The Morgan fingerprint density at radius 2 is 2.12 bits per heavy atom. The number of carbonyl (C=O) groups is 2. The highest BCUT2D eigenvalue weighted by Gasteiger charge is 2.27. The molecule has 0 bridgehead atoms. The Bertz CT molecular complexity index is 1030. The number of nitrogens with zero attached hydrogens (tertiary/aromatic N) is 4. The molecule has 0 fully saturated rings. The van der Waals surface area contributed by atoms with Crippen LogP contribution in [0.25, 0.3) is 11.4 Å². The molecule has 0 aliphatic carbocycles. The summed E-state index contributed by atoms with van der Waals surface area (Å²) in [7, 11) is 0. The van der Waals surface area contributed by atoms with Gasteiger partial charge in [-0.1, -0.05) is 23.7 Å². The van der Waals surface area contributed by atoms with Gasteiger partial charge in [-0.25, -0.2) is 0 Å². The van der Waals surface area contributed by atoms with E-state index in [1.165, 1.54) is 4.80 Å². The predicted molar refractivity (Wildman–Crippen MR) is 96.1 cm³/mol. The van der Waals surface area contributed by atoms with Gasteiger partial charge in [-0.3, -0.25) is 9.59 Å². The number of rotatable bonds is 4. The summed E-state index contributed by atoms with van der Waals surface area (Å²) < 4.78 is 0. The molecule has 1 amide bonds. The second kappa shape index (κ2) is 6.34. The van der Waals surface area contributed by atoms with E-state index in [-0.39, 0.29) is 24.2 Å². The summed E-state index contributed by atoms with van der Waals surface area (Å²) in [4.78, 5) is 25.5. The van der Waals surface area contributed by atoms with E-state index in [2.05, 4.69) is 20.7 Å². The van der Waals surface area contributed by atoms with Crippen molar-refractivity contribution in [3.8, 4) is 11.4 Å². The number of aromatic nitrogens is 4. The lowest BCUT2D eigenvalue weighted by Gasteiger charge is -2.05. The first-order valence-corrected chi connectivity index (χ1v) is 8.41. The molecule has 8 heteroatoms. The molecule has 0 radical (unpaired) electrons. The van der Waals surface area contributed by atoms with Crippen molar-refractivity contribution in [2.24, 2.45) is 0 Å². The van der Waals surface area contributed by atoms with E-state index in [0.717, 1.165) is 16.8 Å². The van der Waals surface area contributed by atoms with E-state index in [0.29, 0.717) is 16.4 Å². The molecule has 2 aromatic carbocycles. The van der Waals surface area contributed by atoms with Crippen molar-refractivity contribution in [1.82, 2.24) is 20.2 Å². The molecule has 1 aromatic heterocycles. The van der Waals surface area contributed by atoms with Crippen molar-refractivity contribution >= 4 is 29.0 Å². The largest absolute Gasteiger partial charge is 0.325 e. The molecule has 4 rings (SSSR count). The lowest BCUT2D eigenvalue weighted by Crippen LogP contribution is -2.13. The number of nitrogens with one attached hydrogen (secondary N) is 1. The third-order valence-electron chi connectivity index (χ3n) is 4.31. The molecule has 7 nitrogen and oxygen atoms in total. The molecular formula is C18H14ClN5O2. The Balaban J connectivity index is 1.54. The zero-order valence-electron chi connectivity index (χ0n) is 13.8. The number of fused-ring (bicyclic) bond motifs is 1. The highest BCUT2D eigenvalue weighted by molar-refractivity contribution is 6.30. The van der Waals surface area contributed by atoms with Gasteiger partial charge in [-0.05, 0) is 48.0 Å². The summed E-state index contributed by atoms with van der Waals surface area (Å²) in [6.45, 7) is 1.77. The van der Waals surface area contributed by atoms with Crippen LogP contribution in [-0.2, 0) is 11.3 Å². The SMILES string of the molecule is C[C@H]1C(=O)Nc2ccc(C(=O)Cn3nnc(-c4cccc(Cl)c4)n3)cc21. The lowest BCUT2D eigenvalue weighted by atomic mass is 9.99. The number of anilines is 1. The average Bonchev–Trinajstić information content (AvgIpc) is 3.20. The third-order valence-corrected chi connectivity index (χ3v) is 4.55. The molecule has 1 aliphatic heterocycles. The van der Waals surface area contributed by atoms with Gasteiger partial charge in [0.1, 0.15) is 6.54 Å². The third kappa shape index (κ3) is 2.97. The summed E-state index contributed by atoms with van der Waals surface area (Å²) in [5.74, 6) is -0.0857. The molecule has 1 atom stereocenters. The van der Waals surface area contributed by atoms with E-state index in [4.69, 9.17) is 11.6 Å². The average molecular weight is 368 g/mol. The highest BCUT2D eigenvalue weighted by atomic mass is 35.5. The molecule has 0 saturated carbocycles. The van der Waals surface area contributed by atoms with E-state index in [1.54, 1.807) is 36.4 Å². The van der Waals surface area contributed by atoms with E-state index < -0.39 is 0 Å². The number of hydrogen-bond acceptors (Lipinski definition) is 5. The number of amides is 1. The van der Waals surface area contributed by atoms with Gasteiger partial charge in [0.05, 0.1) is 5.92 Å². The maximum atomic E-state index is 12.5. The van der Waals surface area contributed by atoms with Gasteiger partial charge >= 0.3 is 0 Å². The van der Waals surface area contributed by atoms with Gasteiger partial charge in [0.25, 0.3) is 0 Å². The summed E-state index contributed by atoms with van der Waals surface area (Å²) in [6, 6.07) is 12.3. The first-order valence-electron chi connectivity index (χ1n) is 8.03. The zero-order chi connectivity index (χ0) is 18.3. The minimum absolute atomic E-state index is 0.0396. The maximum Gasteiger partial charge on any atom is 0.231 e. The van der Waals surface area contributed by atoms with Gasteiger partial charge in [-0.2, -0.15) is 4.80 Å². The molecule has 1 aliphatic rings. The first-order chi connectivity index (χ1) is 12.5. The fraction of sp³-hybridized carbons (Fsp3) is 0.167. The highest BCUT2D eigenvalue weighted by Crippen LogP contribution is 2.32. The maximum absolute atomic E-state index is 12.5. The quantitative estimate of drug-likeness (QED) is 0.716. The lowest BCUT2D eigenvalue weighted by molar-refractivity contribution is -0.116. The van der Waals surface area contributed by atoms with Crippen LogP contribution in [-0.4, -0.2) is 31.9 Å². The number of halogens is 1. The Labute approximate surface area is 154 Å². The van der Waals surface area contributed by atoms with Gasteiger partial charge < -0.3 is 5.32 Å². The molecule has 0 saturated heterocycles. The summed E-state index contributed by atoms with van der Waals surface area (Å²) in [6.07, 6.45) is 0. The van der Waals surface area contributed by atoms with Crippen LogP contribution in [0.2, 0.25) is 5.02 Å². The number of tetrazole rings is 1. The molecule has 130 valence electrons. The van der Waals surface area contributed by atoms with Crippen LogP contribution < -0.4 is 5.32 Å². The van der Waals surface area contributed by atoms with E-state index in [1.807, 2.05) is 13.0 Å². The van der Waals surface area contributed by atoms with Crippen LogP contribution in [0.3, 0.4) is 0 Å². The summed E-state index contributed by atoms with van der Waals surface area (Å²) >= 11 is 5.97. The van der Waals surface area contributed by atoms with Crippen LogP contribution >= 0.6 is 11.6 Å². The van der Waals surface area contributed by atoms with Crippen molar-refractivity contribution in [2.75, 3.05) is 5.32 Å². The van der Waals surface area contributed by atoms with Crippen LogP contribution in [0.1, 0.15) is 28.8 Å². The van der Waals surface area contributed by atoms with Gasteiger partial charge in [0, 0.05) is 21.8 Å². The zero-order valence-corrected chi connectivity index (χ0v) is 14.6. The minimum Gasteiger partial charge on any atom is -0.325 e. The van der Waals surface area contributed by atoms with Gasteiger partial charge in [-0.15, -0.1) is 10.2 Å². The fourth-order valence-electron chi connectivity index (χ4n) is 2.86. The van der Waals surface area contributed by atoms with Crippen molar-refractivity contribution in [3.05, 3.63) is 58.6 Å². The van der Waals surface area contributed by atoms with Crippen molar-refractivity contribution < 1.29 is 9.59 Å². The van der Waals surface area contributed by atoms with Crippen molar-refractivity contribution in [2.45, 2.75) is 19.4 Å². The minimum atomic E-state index is -0.267. The molecule has 2 heterocycles. The number of hydrogen-bond donors (Lipinski definition) is 1. The monoisotopic (exact) mass is 367 g/mol. The van der Waals surface area contributed by atoms with Crippen LogP contribution in [0, 0.1) is 0 Å². The Kier molecular flexibility index (Phi) is 4.00. The predicted octanol–water partition coefficient (Wildman–Crippen LogP) is 2.93. The number of Topliss-reactive ketones (excluding diaryl/α,β-unsaturated/α-hetero) is 1. The molecular weight excluding hydrogens is 354 g/mol. The molecule has 1 N–H and O–H groups in total. The normalized spacial score (nSPS) is 15.6. The summed E-state index contributed by atoms with van der Waals surface area (Å²) in [5, 5.41) is 15.5. The molecule has 0 unspecified atom stereocenters. The van der Waals surface area contributed by atoms with Crippen molar-refractivity contribution in [3.63, 3.8) is 0 Å². The van der Waals surface area contributed by atoms with Crippen LogP contribution in [0.5, 0.6) is 0 Å². The first kappa shape index (κ1) is 16.4. The van der Waals surface area contributed by atoms with Gasteiger partial charge in [0.15, 0.2) is 5.78 Å². The second-order valence-corrected chi connectivity index (χ2v) is 6.53. The molecule has 26 heavy (non-hydrogen) atoms. The van der Waals surface area contributed by atoms with Crippen LogP contribution in [0.4, 0.5) is 5.69 Å². The van der Waals surface area contributed by atoms with Crippen LogP contribution in [0.15, 0.2) is 42.5 Å². The number of carbonyl (C=O) groups excluding carboxylic acids is 2. The fourth-order valence-corrected chi connectivity index (χ4v) is 3.05. The molecule has 0 spiro atoms. The Morgan fingerprint density at radius 3 is 2.92 bits per heavy atom. The van der Waals surface area contributed by atoms with E-state index in [9.17, 15) is 9.59 Å². The number of ketones is 1. The Hall–Kier alpha value is -3.06. The van der Waals surface area contributed by atoms with E-state index >= 15 is 0 Å². The van der Waals surface area contributed by atoms with Crippen molar-refractivity contribution in [1.29, 1.82) is 0 Å². The summed E-state index contributed by atoms with van der Waals surface area (Å²) in [5.41, 5.74) is 2.81. The smallest absolute Gasteiger partial charge is 0.231 e. The molecule has 3 aromatic rings. The van der Waals surface area contributed by atoms with Gasteiger partial charge in [0.2, 0.25) is 11.7 Å². The topological polar surface area (TPSA) is 89.8 Å². The second-order valence-electron chi connectivity index (χ2n) is 6.09.